The van der Waals surface area contributed by atoms with E-state index >= 15 is 0 Å². The number of amides is 1. The van der Waals surface area contributed by atoms with Crippen molar-refractivity contribution in [2.24, 2.45) is 0 Å². The first kappa shape index (κ1) is 23.3. The van der Waals surface area contributed by atoms with Gasteiger partial charge in [-0.2, -0.15) is 0 Å². The standard InChI is InChI=1S/C24H26N6O4/c1-14(33-13-32-4)17-9-10-18(11-17)22-28-29-23(34-22)20-21(25)26-12-19(27-20)15-5-7-16(8-6-15)24(31)30(2)3/h5-8,10-12,14H,9,13H2,1-4H3,(H2,25,26)/t14-/m0/s1. The Morgan fingerprint density at radius 1 is 1.21 bits per heavy atom. The Morgan fingerprint density at radius 2 is 1.94 bits per heavy atom. The van der Waals surface area contributed by atoms with Crippen molar-refractivity contribution < 1.29 is 18.7 Å². The van der Waals surface area contributed by atoms with Gasteiger partial charge in [0.05, 0.1) is 18.0 Å². The van der Waals surface area contributed by atoms with Crippen LogP contribution in [0.15, 0.2) is 52.6 Å². The first-order chi connectivity index (χ1) is 16.4. The van der Waals surface area contributed by atoms with Crippen LogP contribution in [0.25, 0.3) is 28.4 Å². The molecule has 2 aromatic heterocycles. The lowest BCUT2D eigenvalue weighted by atomic mass is 10.1. The lowest BCUT2D eigenvalue weighted by Crippen LogP contribution is -2.21. The van der Waals surface area contributed by atoms with Crippen LogP contribution in [0.1, 0.15) is 29.6 Å². The number of hydrogen-bond acceptors (Lipinski definition) is 9. The molecule has 0 saturated carbocycles. The van der Waals surface area contributed by atoms with Gasteiger partial charge in [0.1, 0.15) is 6.79 Å². The highest BCUT2D eigenvalue weighted by Gasteiger charge is 2.21. The molecule has 0 fully saturated rings. The number of ether oxygens (including phenoxy) is 2. The fourth-order valence-corrected chi connectivity index (χ4v) is 3.43. The number of nitrogens with two attached hydrogens (primary N) is 1. The summed E-state index contributed by atoms with van der Waals surface area (Å²) >= 11 is 0. The molecule has 0 spiro atoms. The zero-order chi connectivity index (χ0) is 24.2. The summed E-state index contributed by atoms with van der Waals surface area (Å²) in [5.41, 5.74) is 10.2. The second-order valence-electron chi connectivity index (χ2n) is 7.98. The molecule has 0 radical (unpaired) electrons. The van der Waals surface area contributed by atoms with Gasteiger partial charge in [-0.25, -0.2) is 9.97 Å². The largest absolute Gasteiger partial charge is 0.414 e. The Balaban J connectivity index is 1.56. The van der Waals surface area contributed by atoms with Crippen LogP contribution in [-0.4, -0.2) is 65.1 Å². The monoisotopic (exact) mass is 462 g/mol. The Bertz CT molecular complexity index is 1250. The lowest BCUT2D eigenvalue weighted by Gasteiger charge is -2.12. The normalized spacial score (nSPS) is 14.0. The first-order valence-corrected chi connectivity index (χ1v) is 10.7. The minimum atomic E-state index is -0.0892. The molecule has 176 valence electrons. The fourth-order valence-electron chi connectivity index (χ4n) is 3.43. The minimum Gasteiger partial charge on any atom is -0.414 e. The van der Waals surface area contributed by atoms with Crippen molar-refractivity contribution >= 4 is 17.3 Å². The molecule has 0 bridgehead atoms. The predicted molar refractivity (Wildman–Crippen MR) is 126 cm³/mol. The second kappa shape index (κ2) is 9.94. The molecule has 1 aromatic carbocycles. The topological polar surface area (TPSA) is 129 Å². The van der Waals surface area contributed by atoms with Crippen LogP contribution in [0, 0.1) is 0 Å². The molecule has 0 aliphatic heterocycles. The highest BCUT2D eigenvalue weighted by atomic mass is 16.7. The van der Waals surface area contributed by atoms with E-state index in [1.54, 1.807) is 39.5 Å². The van der Waals surface area contributed by atoms with Crippen LogP contribution in [0.5, 0.6) is 0 Å². The van der Waals surface area contributed by atoms with Crippen LogP contribution in [-0.2, 0) is 9.47 Å². The molecule has 1 atom stereocenters. The Hall–Kier alpha value is -3.89. The third-order valence-corrected chi connectivity index (χ3v) is 5.37. The van der Waals surface area contributed by atoms with Gasteiger partial charge >= 0.3 is 0 Å². The van der Waals surface area contributed by atoms with E-state index in [0.717, 1.165) is 23.1 Å². The van der Waals surface area contributed by atoms with Gasteiger partial charge in [0.25, 0.3) is 11.8 Å². The number of carbonyl (C=O) groups is 1. The maximum absolute atomic E-state index is 12.1. The number of hydrogen-bond donors (Lipinski definition) is 1. The van der Waals surface area contributed by atoms with E-state index < -0.39 is 0 Å². The van der Waals surface area contributed by atoms with Gasteiger partial charge < -0.3 is 24.5 Å². The molecule has 2 heterocycles. The quantitative estimate of drug-likeness (QED) is 0.502. The zero-order valence-electron chi connectivity index (χ0n) is 19.5. The SMILES string of the molecule is COCO[C@@H](C)C1=CC(c2nnc(-c3nc(-c4ccc(C(=O)N(C)C)cc4)cnc3N)o2)=CC1. The number of allylic oxidation sites excluding steroid dienone is 3. The number of aromatic nitrogens is 4. The molecule has 3 aromatic rings. The highest BCUT2D eigenvalue weighted by Crippen LogP contribution is 2.31. The first-order valence-electron chi connectivity index (χ1n) is 10.7. The van der Waals surface area contributed by atoms with Crippen molar-refractivity contribution in [1.82, 2.24) is 25.1 Å². The Labute approximate surface area is 197 Å². The summed E-state index contributed by atoms with van der Waals surface area (Å²) in [6.45, 7) is 2.19. The van der Waals surface area contributed by atoms with Gasteiger partial charge in [0.15, 0.2) is 11.5 Å². The van der Waals surface area contributed by atoms with Gasteiger partial charge in [-0.3, -0.25) is 4.79 Å². The van der Waals surface area contributed by atoms with E-state index in [9.17, 15) is 4.79 Å². The van der Waals surface area contributed by atoms with Gasteiger partial charge in [-0.1, -0.05) is 18.2 Å². The average molecular weight is 463 g/mol. The van der Waals surface area contributed by atoms with Gasteiger partial charge in [0, 0.05) is 37.9 Å². The van der Waals surface area contributed by atoms with E-state index in [1.165, 1.54) is 4.90 Å². The lowest BCUT2D eigenvalue weighted by molar-refractivity contribution is -0.0534. The van der Waals surface area contributed by atoms with Crippen molar-refractivity contribution in [3.8, 4) is 22.8 Å². The minimum absolute atomic E-state index is 0.0768. The molecular formula is C24H26N6O4. The molecule has 34 heavy (non-hydrogen) atoms. The molecule has 1 aliphatic rings. The number of carbonyl (C=O) groups excluding carboxylic acids is 1. The van der Waals surface area contributed by atoms with Gasteiger partial charge in [0.2, 0.25) is 5.89 Å². The van der Waals surface area contributed by atoms with Crippen LogP contribution in [0.2, 0.25) is 0 Å². The fraction of sp³-hybridized carbons (Fsp3) is 0.292. The average Bonchev–Trinajstić information content (AvgIpc) is 3.52. The van der Waals surface area contributed by atoms with E-state index in [2.05, 4.69) is 20.2 Å². The van der Waals surface area contributed by atoms with Crippen LogP contribution in [0.4, 0.5) is 5.82 Å². The number of rotatable bonds is 8. The number of anilines is 1. The van der Waals surface area contributed by atoms with E-state index in [0.29, 0.717) is 22.8 Å². The summed E-state index contributed by atoms with van der Waals surface area (Å²) in [4.78, 5) is 22.5. The van der Waals surface area contributed by atoms with E-state index in [4.69, 9.17) is 19.6 Å². The number of nitrogens with zero attached hydrogens (tertiary/aromatic N) is 5. The maximum Gasteiger partial charge on any atom is 0.270 e. The summed E-state index contributed by atoms with van der Waals surface area (Å²) in [6, 6.07) is 7.10. The highest BCUT2D eigenvalue weighted by molar-refractivity contribution is 5.94. The molecule has 10 heteroatoms. The molecule has 0 unspecified atom stereocenters. The number of benzene rings is 1. The van der Waals surface area contributed by atoms with Crippen molar-refractivity contribution in [3.63, 3.8) is 0 Å². The number of methoxy groups -OCH3 is 1. The van der Waals surface area contributed by atoms with Crippen LogP contribution in [0.3, 0.4) is 0 Å². The van der Waals surface area contributed by atoms with Crippen LogP contribution < -0.4 is 5.73 Å². The van der Waals surface area contributed by atoms with Gasteiger partial charge in [-0.15, -0.1) is 10.2 Å². The molecule has 4 rings (SSSR count). The summed E-state index contributed by atoms with van der Waals surface area (Å²) < 4.78 is 16.4. The molecule has 1 amide bonds. The Morgan fingerprint density at radius 3 is 2.65 bits per heavy atom. The van der Waals surface area contributed by atoms with E-state index in [-0.39, 0.29) is 30.5 Å². The smallest absolute Gasteiger partial charge is 0.270 e. The molecule has 1 aliphatic carbocycles. The Kier molecular flexibility index (Phi) is 6.80. The predicted octanol–water partition coefficient (Wildman–Crippen LogP) is 3.20. The summed E-state index contributed by atoms with van der Waals surface area (Å²) in [7, 11) is 5.01. The van der Waals surface area contributed by atoms with Crippen molar-refractivity contribution in [2.45, 2.75) is 19.4 Å². The molecule has 0 saturated heterocycles. The summed E-state index contributed by atoms with van der Waals surface area (Å²) in [6.07, 6.45) is 6.17. The molecule has 2 N–H and O–H groups in total. The molecular weight excluding hydrogens is 436 g/mol. The van der Waals surface area contributed by atoms with Crippen molar-refractivity contribution in [1.29, 1.82) is 0 Å². The van der Waals surface area contributed by atoms with Gasteiger partial charge in [-0.05, 0) is 37.1 Å². The third-order valence-electron chi connectivity index (χ3n) is 5.37. The zero-order valence-corrected chi connectivity index (χ0v) is 19.5. The van der Waals surface area contributed by atoms with Crippen molar-refractivity contribution in [3.05, 3.63) is 59.6 Å². The third kappa shape index (κ3) is 4.87. The van der Waals surface area contributed by atoms with Crippen molar-refractivity contribution in [2.75, 3.05) is 33.7 Å². The summed E-state index contributed by atoms with van der Waals surface area (Å²) in [5.74, 6) is 0.637. The number of nitrogen functional groups attached to an aromatic ring is 1. The summed E-state index contributed by atoms with van der Waals surface area (Å²) in [5, 5.41) is 8.29. The molecule has 10 nitrogen and oxygen atoms in total. The van der Waals surface area contributed by atoms with E-state index in [1.807, 2.05) is 31.2 Å². The maximum atomic E-state index is 12.1. The second-order valence-corrected chi connectivity index (χ2v) is 7.98. The van der Waals surface area contributed by atoms with Crippen LogP contribution >= 0.6 is 0 Å².